The fraction of sp³-hybridized carbons (Fsp3) is 0.278. The Hall–Kier alpha value is -2.69. The second-order valence-electron chi connectivity index (χ2n) is 5.71. The van der Waals surface area contributed by atoms with Crippen molar-refractivity contribution in [3.05, 3.63) is 59.9 Å². The molecule has 1 fully saturated rings. The lowest BCUT2D eigenvalue weighted by atomic mass is 10.1. The number of anilines is 1. The lowest BCUT2D eigenvalue weighted by Crippen LogP contribution is -2.26. The first-order valence-electron chi connectivity index (χ1n) is 7.70. The zero-order valence-electron chi connectivity index (χ0n) is 13.1. The summed E-state index contributed by atoms with van der Waals surface area (Å²) in [5.41, 5.74) is 2.52. The molecule has 3 rings (SSSR count). The molecule has 0 spiro atoms. The van der Waals surface area contributed by atoms with E-state index in [-0.39, 0.29) is 11.8 Å². The molecule has 2 aromatic rings. The van der Waals surface area contributed by atoms with E-state index in [0.717, 1.165) is 24.2 Å². The van der Waals surface area contributed by atoms with Gasteiger partial charge >= 0.3 is 0 Å². The lowest BCUT2D eigenvalue weighted by Gasteiger charge is -2.19. The third-order valence-corrected chi connectivity index (χ3v) is 4.02. The fourth-order valence-electron chi connectivity index (χ4n) is 2.76. The summed E-state index contributed by atoms with van der Waals surface area (Å²) in [7, 11) is 1.78. The monoisotopic (exact) mass is 309 g/mol. The number of hydrogen-bond donors (Lipinski definition) is 0. The van der Waals surface area contributed by atoms with E-state index in [1.54, 1.807) is 41.4 Å². The van der Waals surface area contributed by atoms with Gasteiger partial charge in [-0.25, -0.2) is 0 Å². The van der Waals surface area contributed by atoms with Gasteiger partial charge < -0.3 is 9.80 Å². The summed E-state index contributed by atoms with van der Waals surface area (Å²) in [6.07, 6.45) is 4.94. The fourth-order valence-corrected chi connectivity index (χ4v) is 2.76. The number of carbonyl (C=O) groups excluding carboxylic acids is 2. The second-order valence-corrected chi connectivity index (χ2v) is 5.71. The molecule has 1 aliphatic rings. The van der Waals surface area contributed by atoms with Gasteiger partial charge in [0.05, 0.1) is 0 Å². The summed E-state index contributed by atoms with van der Waals surface area (Å²) in [6.45, 7) is 1.29. The van der Waals surface area contributed by atoms with E-state index in [0.29, 0.717) is 18.5 Å². The molecule has 1 aliphatic heterocycles. The summed E-state index contributed by atoms with van der Waals surface area (Å²) < 4.78 is 0. The van der Waals surface area contributed by atoms with Crippen LogP contribution in [-0.4, -0.2) is 35.3 Å². The molecule has 0 aliphatic carbocycles. The van der Waals surface area contributed by atoms with E-state index in [9.17, 15) is 9.59 Å². The standard InChI is InChI=1S/C18H19N3O2/c1-20(13-14-8-10-19-11-9-14)18(23)15-4-6-16(7-5-15)21-12-2-3-17(21)22/h4-11H,2-3,12-13H2,1H3. The predicted molar refractivity (Wildman–Crippen MR) is 88.1 cm³/mol. The summed E-state index contributed by atoms with van der Waals surface area (Å²) >= 11 is 0. The van der Waals surface area contributed by atoms with Gasteiger partial charge in [0.2, 0.25) is 5.91 Å². The minimum atomic E-state index is -0.0406. The molecular formula is C18H19N3O2. The first kappa shape index (κ1) is 15.2. The van der Waals surface area contributed by atoms with Crippen molar-refractivity contribution in [3.63, 3.8) is 0 Å². The number of carbonyl (C=O) groups is 2. The van der Waals surface area contributed by atoms with Crippen molar-refractivity contribution in [2.24, 2.45) is 0 Å². The Labute approximate surface area is 135 Å². The Morgan fingerprint density at radius 1 is 1.17 bits per heavy atom. The van der Waals surface area contributed by atoms with Crippen LogP contribution in [0, 0.1) is 0 Å². The molecule has 2 amide bonds. The first-order chi connectivity index (χ1) is 11.1. The molecule has 0 radical (unpaired) electrons. The summed E-state index contributed by atoms with van der Waals surface area (Å²) in [5, 5.41) is 0. The molecule has 23 heavy (non-hydrogen) atoms. The van der Waals surface area contributed by atoms with Gasteiger partial charge in [-0.1, -0.05) is 0 Å². The molecule has 5 heteroatoms. The van der Waals surface area contributed by atoms with Crippen molar-refractivity contribution in [2.75, 3.05) is 18.5 Å². The molecule has 2 heterocycles. The van der Waals surface area contributed by atoms with Crippen molar-refractivity contribution in [1.82, 2.24) is 9.88 Å². The molecule has 1 aromatic heterocycles. The summed E-state index contributed by atoms with van der Waals surface area (Å²) in [5.74, 6) is 0.111. The van der Waals surface area contributed by atoms with E-state index in [2.05, 4.69) is 4.98 Å². The van der Waals surface area contributed by atoms with E-state index < -0.39 is 0 Å². The number of benzene rings is 1. The summed E-state index contributed by atoms with van der Waals surface area (Å²) in [4.78, 5) is 31.6. The van der Waals surface area contributed by atoms with E-state index in [4.69, 9.17) is 0 Å². The van der Waals surface area contributed by atoms with Gasteiger partial charge in [-0.3, -0.25) is 14.6 Å². The molecule has 1 saturated heterocycles. The second kappa shape index (κ2) is 6.60. The van der Waals surface area contributed by atoms with Gasteiger partial charge in [-0.15, -0.1) is 0 Å². The number of aromatic nitrogens is 1. The van der Waals surface area contributed by atoms with E-state index in [1.807, 2.05) is 24.3 Å². The van der Waals surface area contributed by atoms with Crippen LogP contribution in [-0.2, 0) is 11.3 Å². The third-order valence-electron chi connectivity index (χ3n) is 4.02. The normalized spacial score (nSPS) is 14.1. The van der Waals surface area contributed by atoms with Crippen LogP contribution in [0.25, 0.3) is 0 Å². The van der Waals surface area contributed by atoms with Crippen LogP contribution >= 0.6 is 0 Å². The lowest BCUT2D eigenvalue weighted by molar-refractivity contribution is -0.117. The van der Waals surface area contributed by atoms with Crippen LogP contribution in [0.4, 0.5) is 5.69 Å². The Balaban J connectivity index is 1.68. The zero-order valence-corrected chi connectivity index (χ0v) is 13.1. The molecular weight excluding hydrogens is 290 g/mol. The molecule has 5 nitrogen and oxygen atoms in total. The quantitative estimate of drug-likeness (QED) is 0.872. The van der Waals surface area contributed by atoms with Gasteiger partial charge in [-0.05, 0) is 48.4 Å². The SMILES string of the molecule is CN(Cc1ccncc1)C(=O)c1ccc(N2CCCC2=O)cc1. The van der Waals surface area contributed by atoms with Gasteiger partial charge in [-0.2, -0.15) is 0 Å². The van der Waals surface area contributed by atoms with Crippen molar-refractivity contribution in [2.45, 2.75) is 19.4 Å². The largest absolute Gasteiger partial charge is 0.337 e. The predicted octanol–water partition coefficient (Wildman–Crippen LogP) is 2.48. The highest BCUT2D eigenvalue weighted by Gasteiger charge is 2.22. The Morgan fingerprint density at radius 3 is 2.48 bits per heavy atom. The Morgan fingerprint density at radius 2 is 1.87 bits per heavy atom. The highest BCUT2D eigenvalue weighted by molar-refractivity contribution is 5.97. The third kappa shape index (κ3) is 3.39. The minimum Gasteiger partial charge on any atom is -0.337 e. The number of pyridine rings is 1. The van der Waals surface area contributed by atoms with E-state index in [1.165, 1.54) is 0 Å². The maximum Gasteiger partial charge on any atom is 0.253 e. The number of hydrogen-bond acceptors (Lipinski definition) is 3. The zero-order chi connectivity index (χ0) is 16.2. The van der Waals surface area contributed by atoms with Crippen molar-refractivity contribution in [1.29, 1.82) is 0 Å². The van der Waals surface area contributed by atoms with Gasteiger partial charge in [0.15, 0.2) is 0 Å². The maximum atomic E-state index is 12.5. The highest BCUT2D eigenvalue weighted by atomic mass is 16.2. The molecule has 0 N–H and O–H groups in total. The molecule has 0 bridgehead atoms. The average molecular weight is 309 g/mol. The molecule has 0 atom stereocenters. The smallest absolute Gasteiger partial charge is 0.253 e. The minimum absolute atomic E-state index is 0.0406. The molecule has 0 saturated carbocycles. The summed E-state index contributed by atoms with van der Waals surface area (Å²) in [6, 6.07) is 11.0. The van der Waals surface area contributed by atoms with E-state index >= 15 is 0 Å². The topological polar surface area (TPSA) is 53.5 Å². The van der Waals surface area contributed by atoms with Gasteiger partial charge in [0, 0.05) is 50.2 Å². The van der Waals surface area contributed by atoms with Crippen LogP contribution < -0.4 is 4.90 Å². The van der Waals surface area contributed by atoms with Crippen LogP contribution in [0.3, 0.4) is 0 Å². The highest BCUT2D eigenvalue weighted by Crippen LogP contribution is 2.22. The number of nitrogens with zero attached hydrogens (tertiary/aromatic N) is 3. The maximum absolute atomic E-state index is 12.5. The number of amides is 2. The van der Waals surface area contributed by atoms with Gasteiger partial charge in [0.1, 0.15) is 0 Å². The van der Waals surface area contributed by atoms with Crippen molar-refractivity contribution >= 4 is 17.5 Å². The average Bonchev–Trinajstić information content (AvgIpc) is 3.01. The van der Waals surface area contributed by atoms with Crippen LogP contribution in [0.15, 0.2) is 48.8 Å². The van der Waals surface area contributed by atoms with Crippen LogP contribution in [0.1, 0.15) is 28.8 Å². The van der Waals surface area contributed by atoms with Crippen molar-refractivity contribution < 1.29 is 9.59 Å². The molecule has 118 valence electrons. The Bertz CT molecular complexity index is 698. The molecule has 1 aromatic carbocycles. The van der Waals surface area contributed by atoms with Gasteiger partial charge in [0.25, 0.3) is 5.91 Å². The first-order valence-corrected chi connectivity index (χ1v) is 7.70. The van der Waals surface area contributed by atoms with Crippen molar-refractivity contribution in [3.8, 4) is 0 Å². The van der Waals surface area contributed by atoms with Crippen LogP contribution in [0.2, 0.25) is 0 Å². The van der Waals surface area contributed by atoms with Crippen LogP contribution in [0.5, 0.6) is 0 Å². The Kier molecular flexibility index (Phi) is 4.37. The molecule has 0 unspecified atom stereocenters. The number of rotatable bonds is 4.